The molecule has 1 nitrogen and oxygen atoms in total. The van der Waals surface area contributed by atoms with Gasteiger partial charge in [0.05, 0.1) is 6.10 Å². The first-order valence-corrected chi connectivity index (χ1v) is 6.41. The Bertz CT molecular complexity index is 496. The van der Waals surface area contributed by atoms with E-state index in [2.05, 4.69) is 22.6 Å². The van der Waals surface area contributed by atoms with Crippen molar-refractivity contribution in [3.05, 3.63) is 69.0 Å². The highest BCUT2D eigenvalue weighted by atomic mass is 127. The zero-order valence-electron chi connectivity index (χ0n) is 9.11. The number of halogens is 2. The first kappa shape index (κ1) is 12.5. The summed E-state index contributed by atoms with van der Waals surface area (Å²) in [5.41, 5.74) is 1.66. The molecule has 2 aromatic carbocycles. The third-order valence-electron chi connectivity index (χ3n) is 2.58. The van der Waals surface area contributed by atoms with Gasteiger partial charge < -0.3 is 5.11 Å². The fraction of sp³-hybridized carbons (Fsp3) is 0.143. The molecule has 0 aliphatic heterocycles. The van der Waals surface area contributed by atoms with E-state index in [9.17, 15) is 9.50 Å². The van der Waals surface area contributed by atoms with Crippen molar-refractivity contribution in [2.24, 2.45) is 0 Å². The predicted octanol–water partition coefficient (Wildman–Crippen LogP) is 3.71. The van der Waals surface area contributed by atoms with E-state index in [0.717, 1.165) is 9.13 Å². The number of hydrogen-bond acceptors (Lipinski definition) is 1. The lowest BCUT2D eigenvalue weighted by Gasteiger charge is -2.11. The molecule has 0 aromatic heterocycles. The van der Waals surface area contributed by atoms with Gasteiger partial charge in [-0.3, -0.25) is 0 Å². The Labute approximate surface area is 113 Å². The number of hydrogen-bond donors (Lipinski definition) is 1. The molecule has 1 unspecified atom stereocenters. The highest BCUT2D eigenvalue weighted by Crippen LogP contribution is 2.19. The van der Waals surface area contributed by atoms with Gasteiger partial charge in [-0.25, -0.2) is 4.39 Å². The lowest BCUT2D eigenvalue weighted by atomic mass is 10.0. The maximum atomic E-state index is 13.0. The van der Waals surface area contributed by atoms with Gasteiger partial charge in [-0.05, 0) is 58.0 Å². The largest absolute Gasteiger partial charge is 0.388 e. The summed E-state index contributed by atoms with van der Waals surface area (Å²) in [5.74, 6) is -0.316. The summed E-state index contributed by atoms with van der Waals surface area (Å²) in [6, 6.07) is 14.0. The van der Waals surface area contributed by atoms with Gasteiger partial charge in [0, 0.05) is 9.99 Å². The molecule has 1 N–H and O–H groups in total. The molecular weight excluding hydrogens is 330 g/mol. The quantitative estimate of drug-likeness (QED) is 0.844. The van der Waals surface area contributed by atoms with E-state index < -0.39 is 6.10 Å². The van der Waals surface area contributed by atoms with E-state index in [4.69, 9.17) is 0 Å². The van der Waals surface area contributed by atoms with Gasteiger partial charge in [0.15, 0.2) is 0 Å². The lowest BCUT2D eigenvalue weighted by molar-refractivity contribution is 0.178. The first-order chi connectivity index (χ1) is 8.15. The maximum Gasteiger partial charge on any atom is 0.123 e. The fourth-order valence-corrected chi connectivity index (χ4v) is 2.04. The molecule has 88 valence electrons. The Morgan fingerprint density at radius 2 is 1.82 bits per heavy atom. The van der Waals surface area contributed by atoms with E-state index in [1.165, 1.54) is 12.1 Å². The zero-order valence-corrected chi connectivity index (χ0v) is 11.3. The van der Waals surface area contributed by atoms with Crippen LogP contribution in [0.5, 0.6) is 0 Å². The van der Waals surface area contributed by atoms with Crippen molar-refractivity contribution in [1.29, 1.82) is 0 Å². The van der Waals surface area contributed by atoms with Gasteiger partial charge in [0.2, 0.25) is 0 Å². The second-order valence-corrected chi connectivity index (χ2v) is 5.15. The predicted molar refractivity (Wildman–Crippen MR) is 74.2 cm³/mol. The van der Waals surface area contributed by atoms with E-state index in [1.54, 1.807) is 12.1 Å². The van der Waals surface area contributed by atoms with Crippen molar-refractivity contribution in [2.45, 2.75) is 12.5 Å². The van der Waals surface area contributed by atoms with Crippen LogP contribution in [0.1, 0.15) is 17.2 Å². The molecule has 0 amide bonds. The summed E-state index contributed by atoms with van der Waals surface area (Å²) in [6.45, 7) is 0. The van der Waals surface area contributed by atoms with Crippen molar-refractivity contribution >= 4 is 22.6 Å². The van der Waals surface area contributed by atoms with E-state index in [1.807, 2.05) is 24.3 Å². The Morgan fingerprint density at radius 3 is 2.47 bits per heavy atom. The Kier molecular flexibility index (Phi) is 4.12. The minimum absolute atomic E-state index is 0.316. The smallest absolute Gasteiger partial charge is 0.123 e. The molecule has 0 saturated heterocycles. The van der Waals surface area contributed by atoms with Gasteiger partial charge in [-0.15, -0.1) is 0 Å². The van der Waals surface area contributed by atoms with Crippen LogP contribution in [0.15, 0.2) is 48.5 Å². The summed E-state index contributed by atoms with van der Waals surface area (Å²) < 4.78 is 14.2. The molecule has 1 atom stereocenters. The highest BCUT2D eigenvalue weighted by Gasteiger charge is 2.09. The summed E-state index contributed by atoms with van der Waals surface area (Å²) in [6.07, 6.45) is -0.161. The van der Waals surface area contributed by atoms with E-state index >= 15 is 0 Å². The summed E-state index contributed by atoms with van der Waals surface area (Å²) >= 11 is 2.23. The summed E-state index contributed by atoms with van der Waals surface area (Å²) in [5, 5.41) is 10.00. The van der Waals surface area contributed by atoms with Crippen LogP contribution in [0.3, 0.4) is 0 Å². The lowest BCUT2D eigenvalue weighted by Crippen LogP contribution is -2.02. The monoisotopic (exact) mass is 342 g/mol. The standard InChI is InChI=1S/C14H12FIO/c15-12-3-1-2-11(9-12)14(17)8-10-4-6-13(16)7-5-10/h1-7,9,14,17H,8H2. The molecule has 0 heterocycles. The second kappa shape index (κ2) is 5.60. The van der Waals surface area contributed by atoms with Crippen molar-refractivity contribution < 1.29 is 9.50 Å². The molecule has 0 radical (unpaired) electrons. The molecule has 3 heteroatoms. The molecular formula is C14H12FIO. The number of aliphatic hydroxyl groups excluding tert-OH is 1. The third kappa shape index (κ3) is 3.51. The van der Waals surface area contributed by atoms with Crippen molar-refractivity contribution in [3.8, 4) is 0 Å². The highest BCUT2D eigenvalue weighted by molar-refractivity contribution is 14.1. The van der Waals surface area contributed by atoms with Crippen LogP contribution in [0.2, 0.25) is 0 Å². The van der Waals surface area contributed by atoms with Gasteiger partial charge in [-0.2, -0.15) is 0 Å². The summed E-state index contributed by atoms with van der Waals surface area (Å²) in [7, 11) is 0. The topological polar surface area (TPSA) is 20.2 Å². The Hall–Kier alpha value is -0.940. The third-order valence-corrected chi connectivity index (χ3v) is 3.29. The van der Waals surface area contributed by atoms with Crippen LogP contribution in [0, 0.1) is 9.39 Å². The average Bonchev–Trinajstić information content (AvgIpc) is 2.32. The van der Waals surface area contributed by atoms with Crippen LogP contribution in [-0.4, -0.2) is 5.11 Å². The van der Waals surface area contributed by atoms with Crippen LogP contribution < -0.4 is 0 Å². The van der Waals surface area contributed by atoms with Crippen LogP contribution in [0.4, 0.5) is 4.39 Å². The molecule has 0 fully saturated rings. The van der Waals surface area contributed by atoms with E-state index in [0.29, 0.717) is 12.0 Å². The number of aliphatic hydroxyl groups is 1. The number of benzene rings is 2. The minimum atomic E-state index is -0.661. The van der Waals surface area contributed by atoms with Gasteiger partial charge in [-0.1, -0.05) is 24.3 Å². The molecule has 0 aliphatic rings. The molecule has 2 rings (SSSR count). The van der Waals surface area contributed by atoms with Crippen LogP contribution in [0.25, 0.3) is 0 Å². The SMILES string of the molecule is OC(Cc1ccc(I)cc1)c1cccc(F)c1. The van der Waals surface area contributed by atoms with E-state index in [-0.39, 0.29) is 5.82 Å². The molecule has 0 bridgehead atoms. The van der Waals surface area contributed by atoms with Gasteiger partial charge >= 0.3 is 0 Å². The average molecular weight is 342 g/mol. The van der Waals surface area contributed by atoms with Crippen molar-refractivity contribution in [3.63, 3.8) is 0 Å². The Morgan fingerprint density at radius 1 is 1.12 bits per heavy atom. The molecule has 2 aromatic rings. The van der Waals surface area contributed by atoms with Gasteiger partial charge in [0.25, 0.3) is 0 Å². The fourth-order valence-electron chi connectivity index (χ4n) is 1.68. The number of rotatable bonds is 3. The van der Waals surface area contributed by atoms with Crippen molar-refractivity contribution in [1.82, 2.24) is 0 Å². The Balaban J connectivity index is 2.11. The molecule has 17 heavy (non-hydrogen) atoms. The molecule has 0 saturated carbocycles. The van der Waals surface area contributed by atoms with Crippen molar-refractivity contribution in [2.75, 3.05) is 0 Å². The molecule has 0 aliphatic carbocycles. The maximum absolute atomic E-state index is 13.0. The first-order valence-electron chi connectivity index (χ1n) is 5.33. The van der Waals surface area contributed by atoms with Crippen LogP contribution >= 0.6 is 22.6 Å². The normalized spacial score (nSPS) is 12.4. The van der Waals surface area contributed by atoms with Gasteiger partial charge in [0.1, 0.15) is 5.82 Å². The molecule has 0 spiro atoms. The second-order valence-electron chi connectivity index (χ2n) is 3.90. The zero-order chi connectivity index (χ0) is 12.3. The minimum Gasteiger partial charge on any atom is -0.388 e. The summed E-state index contributed by atoms with van der Waals surface area (Å²) in [4.78, 5) is 0. The van der Waals surface area contributed by atoms with Crippen LogP contribution in [-0.2, 0) is 6.42 Å².